The third kappa shape index (κ3) is 4.50. The van der Waals surface area contributed by atoms with Gasteiger partial charge in [0.15, 0.2) is 0 Å². The van der Waals surface area contributed by atoms with E-state index in [2.05, 4.69) is 29.0 Å². The Morgan fingerprint density at radius 1 is 1.28 bits per heavy atom. The second-order valence-corrected chi connectivity index (χ2v) is 5.83. The van der Waals surface area contributed by atoms with Crippen LogP contribution in [0.5, 0.6) is 0 Å². The standard InChI is InChI=1S/C17H23F3N4O/c1-4-23(5-2)10-6-9-21-16(25)15-12(3)22-14-8-7-13(11-24(14)15)17(18,19)20/h7-8,11H,4-6,9-10H2,1-3H3,(H,21,25). The van der Waals surface area contributed by atoms with Crippen LogP contribution in [0.15, 0.2) is 18.3 Å². The van der Waals surface area contributed by atoms with Crippen molar-refractivity contribution in [3.05, 3.63) is 35.3 Å². The Labute approximate surface area is 144 Å². The summed E-state index contributed by atoms with van der Waals surface area (Å²) in [6.07, 6.45) is -2.78. The summed E-state index contributed by atoms with van der Waals surface area (Å²) in [7, 11) is 0. The van der Waals surface area contributed by atoms with Crippen molar-refractivity contribution in [3.63, 3.8) is 0 Å². The van der Waals surface area contributed by atoms with Crippen LogP contribution in [0.1, 0.15) is 42.0 Å². The van der Waals surface area contributed by atoms with Crippen molar-refractivity contribution in [3.8, 4) is 0 Å². The fraction of sp³-hybridized carbons (Fsp3) is 0.529. The number of amides is 1. The number of hydrogen-bond donors (Lipinski definition) is 1. The van der Waals surface area contributed by atoms with Crippen LogP contribution in [-0.2, 0) is 6.18 Å². The minimum absolute atomic E-state index is 0.143. The number of nitrogens with one attached hydrogen (secondary N) is 1. The van der Waals surface area contributed by atoms with E-state index in [1.807, 2.05) is 0 Å². The minimum atomic E-state index is -4.47. The number of aromatic nitrogens is 2. The van der Waals surface area contributed by atoms with Gasteiger partial charge in [-0.25, -0.2) is 4.98 Å². The van der Waals surface area contributed by atoms with Crippen molar-refractivity contribution in [2.45, 2.75) is 33.4 Å². The molecule has 8 heteroatoms. The SMILES string of the molecule is CCN(CC)CCCNC(=O)c1c(C)nc2ccc(C(F)(F)F)cn12. The summed E-state index contributed by atoms with van der Waals surface area (Å²) in [5, 5.41) is 2.77. The predicted molar refractivity (Wildman–Crippen MR) is 89.7 cm³/mol. The highest BCUT2D eigenvalue weighted by molar-refractivity contribution is 5.94. The molecule has 2 rings (SSSR count). The predicted octanol–water partition coefficient (Wildman–Crippen LogP) is 3.12. The molecule has 2 aromatic rings. The third-order valence-corrected chi connectivity index (χ3v) is 4.17. The summed E-state index contributed by atoms with van der Waals surface area (Å²) in [4.78, 5) is 18.8. The van der Waals surface area contributed by atoms with Gasteiger partial charge in [-0.15, -0.1) is 0 Å². The van der Waals surface area contributed by atoms with Crippen LogP contribution < -0.4 is 5.32 Å². The first-order valence-corrected chi connectivity index (χ1v) is 8.34. The monoisotopic (exact) mass is 356 g/mol. The Balaban J connectivity index is 2.13. The van der Waals surface area contributed by atoms with Crippen LogP contribution in [0, 0.1) is 6.92 Å². The molecule has 2 aromatic heterocycles. The lowest BCUT2D eigenvalue weighted by Crippen LogP contribution is -2.30. The third-order valence-electron chi connectivity index (χ3n) is 4.17. The van der Waals surface area contributed by atoms with Gasteiger partial charge in [0.2, 0.25) is 0 Å². The molecular formula is C17H23F3N4O. The molecule has 0 radical (unpaired) electrons. The van der Waals surface area contributed by atoms with E-state index < -0.39 is 17.6 Å². The minimum Gasteiger partial charge on any atom is -0.351 e. The van der Waals surface area contributed by atoms with Crippen molar-refractivity contribution >= 4 is 11.6 Å². The topological polar surface area (TPSA) is 49.6 Å². The number of carbonyl (C=O) groups is 1. The van der Waals surface area contributed by atoms with Crippen molar-refractivity contribution in [1.29, 1.82) is 0 Å². The van der Waals surface area contributed by atoms with E-state index in [4.69, 9.17) is 0 Å². The van der Waals surface area contributed by atoms with Gasteiger partial charge < -0.3 is 10.2 Å². The van der Waals surface area contributed by atoms with Gasteiger partial charge in [-0.2, -0.15) is 13.2 Å². The summed E-state index contributed by atoms with van der Waals surface area (Å²) in [6, 6.07) is 2.24. The number of fused-ring (bicyclic) bond motifs is 1. The second kappa shape index (κ2) is 7.86. The van der Waals surface area contributed by atoms with Crippen LogP contribution >= 0.6 is 0 Å². The lowest BCUT2D eigenvalue weighted by atomic mass is 10.2. The van der Waals surface area contributed by atoms with E-state index in [-0.39, 0.29) is 5.69 Å². The van der Waals surface area contributed by atoms with Gasteiger partial charge in [-0.3, -0.25) is 9.20 Å². The molecule has 0 aliphatic carbocycles. The fourth-order valence-corrected chi connectivity index (χ4v) is 2.73. The molecule has 25 heavy (non-hydrogen) atoms. The van der Waals surface area contributed by atoms with Gasteiger partial charge in [0, 0.05) is 12.7 Å². The average molecular weight is 356 g/mol. The molecule has 138 valence electrons. The molecule has 0 bridgehead atoms. The summed E-state index contributed by atoms with van der Waals surface area (Å²) in [5.41, 5.74) is 0.0521. The van der Waals surface area contributed by atoms with Gasteiger partial charge in [0.1, 0.15) is 11.3 Å². The van der Waals surface area contributed by atoms with Gasteiger partial charge >= 0.3 is 6.18 Å². The van der Waals surface area contributed by atoms with Crippen LogP contribution in [0.25, 0.3) is 5.65 Å². The quantitative estimate of drug-likeness (QED) is 0.776. The summed E-state index contributed by atoms with van der Waals surface area (Å²) < 4.78 is 39.9. The highest BCUT2D eigenvalue weighted by Gasteiger charge is 2.31. The second-order valence-electron chi connectivity index (χ2n) is 5.83. The number of imidazole rings is 1. The number of nitrogens with zero attached hydrogens (tertiary/aromatic N) is 3. The maximum absolute atomic E-state index is 12.9. The highest BCUT2D eigenvalue weighted by atomic mass is 19.4. The maximum Gasteiger partial charge on any atom is 0.417 e. The molecule has 0 aliphatic heterocycles. The van der Waals surface area contributed by atoms with Gasteiger partial charge in [0.05, 0.1) is 11.3 Å². The molecule has 1 amide bonds. The molecule has 0 aromatic carbocycles. The number of hydrogen-bond acceptors (Lipinski definition) is 3. The van der Waals surface area contributed by atoms with Crippen LogP contribution in [-0.4, -0.2) is 46.4 Å². The van der Waals surface area contributed by atoms with Gasteiger partial charge in [0.25, 0.3) is 5.91 Å². The first-order valence-electron chi connectivity index (χ1n) is 8.34. The van der Waals surface area contributed by atoms with E-state index in [0.717, 1.165) is 38.3 Å². The van der Waals surface area contributed by atoms with E-state index in [1.54, 1.807) is 6.92 Å². The number of aryl methyl sites for hydroxylation is 1. The zero-order valence-electron chi connectivity index (χ0n) is 14.7. The van der Waals surface area contributed by atoms with E-state index in [1.165, 1.54) is 10.5 Å². The van der Waals surface area contributed by atoms with E-state index >= 15 is 0 Å². The molecule has 0 spiro atoms. The average Bonchev–Trinajstić information content (AvgIpc) is 2.89. The zero-order chi connectivity index (χ0) is 18.6. The summed E-state index contributed by atoms with van der Waals surface area (Å²) in [5.74, 6) is -0.413. The molecule has 1 N–H and O–H groups in total. The Morgan fingerprint density at radius 2 is 1.96 bits per heavy atom. The first kappa shape index (κ1) is 19.2. The zero-order valence-corrected chi connectivity index (χ0v) is 14.7. The molecule has 0 unspecified atom stereocenters. The van der Waals surface area contributed by atoms with E-state index in [0.29, 0.717) is 17.9 Å². The van der Waals surface area contributed by atoms with Gasteiger partial charge in [-0.05, 0) is 45.1 Å². The highest BCUT2D eigenvalue weighted by Crippen LogP contribution is 2.29. The summed E-state index contributed by atoms with van der Waals surface area (Å²) in [6.45, 7) is 8.96. The largest absolute Gasteiger partial charge is 0.417 e. The number of halogens is 3. The summed E-state index contributed by atoms with van der Waals surface area (Å²) >= 11 is 0. The molecule has 0 saturated heterocycles. The van der Waals surface area contributed by atoms with Crippen LogP contribution in [0.2, 0.25) is 0 Å². The molecule has 0 fully saturated rings. The van der Waals surface area contributed by atoms with Crippen LogP contribution in [0.4, 0.5) is 13.2 Å². The number of alkyl halides is 3. The molecule has 0 aliphatic rings. The van der Waals surface area contributed by atoms with Crippen molar-refractivity contribution in [2.24, 2.45) is 0 Å². The Kier molecular flexibility index (Phi) is 6.05. The maximum atomic E-state index is 12.9. The first-order chi connectivity index (χ1) is 11.8. The van der Waals surface area contributed by atoms with E-state index in [9.17, 15) is 18.0 Å². The number of rotatable bonds is 7. The lowest BCUT2D eigenvalue weighted by molar-refractivity contribution is -0.137. The Morgan fingerprint density at radius 3 is 2.56 bits per heavy atom. The molecular weight excluding hydrogens is 333 g/mol. The normalized spacial score (nSPS) is 12.1. The molecule has 0 atom stereocenters. The van der Waals surface area contributed by atoms with Crippen molar-refractivity contribution in [1.82, 2.24) is 19.6 Å². The molecule has 0 saturated carbocycles. The number of pyridine rings is 1. The smallest absolute Gasteiger partial charge is 0.351 e. The number of carbonyl (C=O) groups excluding carboxylic acids is 1. The fourth-order valence-electron chi connectivity index (χ4n) is 2.73. The van der Waals surface area contributed by atoms with Gasteiger partial charge in [-0.1, -0.05) is 13.8 Å². The van der Waals surface area contributed by atoms with Crippen molar-refractivity contribution in [2.75, 3.05) is 26.2 Å². The Bertz CT molecular complexity index is 735. The molecule has 2 heterocycles. The van der Waals surface area contributed by atoms with Crippen molar-refractivity contribution < 1.29 is 18.0 Å². The lowest BCUT2D eigenvalue weighted by Gasteiger charge is -2.17. The molecule has 5 nitrogen and oxygen atoms in total. The van der Waals surface area contributed by atoms with Crippen LogP contribution in [0.3, 0.4) is 0 Å². The Hall–Kier alpha value is -2.09.